The lowest BCUT2D eigenvalue weighted by Gasteiger charge is -2.19. The molecule has 2 N–H and O–H groups in total. The van der Waals surface area contributed by atoms with Crippen molar-refractivity contribution < 1.29 is 27.5 Å². The molecule has 0 unspecified atom stereocenters. The fraction of sp³-hybridized carbons (Fsp3) is 0.200. The SMILES string of the molecule is O=P(O)(O)C(F)(F)c1ccc(CSCc2cccc(F)c2)cc1Br. The van der Waals surface area contributed by atoms with E-state index in [9.17, 15) is 17.7 Å². The number of halogens is 4. The number of rotatable bonds is 6. The third-order valence-corrected chi connectivity index (χ3v) is 5.85. The highest BCUT2D eigenvalue weighted by atomic mass is 79.9. The molecule has 130 valence electrons. The molecular formula is C15H13BrF3O3PS. The smallest absolute Gasteiger partial charge is 0.320 e. The van der Waals surface area contributed by atoms with Crippen LogP contribution in [0.3, 0.4) is 0 Å². The summed E-state index contributed by atoms with van der Waals surface area (Å²) in [6.07, 6.45) is 0. The van der Waals surface area contributed by atoms with Crippen molar-refractivity contribution in [3.8, 4) is 0 Å². The quantitative estimate of drug-likeness (QED) is 0.602. The Bertz CT molecular complexity index is 782. The van der Waals surface area contributed by atoms with Gasteiger partial charge in [-0.05, 0) is 29.3 Å². The van der Waals surface area contributed by atoms with Gasteiger partial charge in [0.15, 0.2) is 0 Å². The van der Waals surface area contributed by atoms with Gasteiger partial charge in [0.2, 0.25) is 0 Å². The van der Waals surface area contributed by atoms with Crippen LogP contribution in [0.4, 0.5) is 13.2 Å². The zero-order chi connectivity index (χ0) is 18.0. The molecular weight excluding hydrogens is 428 g/mol. The second-order valence-electron chi connectivity index (χ2n) is 5.02. The minimum absolute atomic E-state index is 0.0697. The van der Waals surface area contributed by atoms with E-state index in [0.717, 1.165) is 11.6 Å². The molecule has 0 heterocycles. The maximum absolute atomic E-state index is 13.7. The van der Waals surface area contributed by atoms with Crippen LogP contribution in [0.2, 0.25) is 0 Å². The minimum Gasteiger partial charge on any atom is -0.320 e. The molecule has 0 aliphatic carbocycles. The molecule has 0 spiro atoms. The number of hydrogen-bond donors (Lipinski definition) is 2. The van der Waals surface area contributed by atoms with Gasteiger partial charge in [-0.1, -0.05) is 40.2 Å². The van der Waals surface area contributed by atoms with E-state index in [4.69, 9.17) is 9.79 Å². The lowest BCUT2D eigenvalue weighted by atomic mass is 10.1. The molecule has 0 fully saturated rings. The Morgan fingerprint density at radius 2 is 1.71 bits per heavy atom. The zero-order valence-electron chi connectivity index (χ0n) is 12.1. The maximum Gasteiger partial charge on any atom is 0.399 e. The van der Waals surface area contributed by atoms with Gasteiger partial charge in [0.1, 0.15) is 5.82 Å². The third kappa shape index (κ3) is 4.64. The molecule has 2 rings (SSSR count). The average Bonchev–Trinajstić information content (AvgIpc) is 2.46. The monoisotopic (exact) mass is 440 g/mol. The van der Waals surface area contributed by atoms with Crippen LogP contribution in [0.1, 0.15) is 16.7 Å². The van der Waals surface area contributed by atoms with Gasteiger partial charge < -0.3 is 9.79 Å². The summed E-state index contributed by atoms with van der Waals surface area (Å²) in [5.41, 5.74) is -3.49. The lowest BCUT2D eigenvalue weighted by Crippen LogP contribution is -2.14. The molecule has 24 heavy (non-hydrogen) atoms. The predicted octanol–water partition coefficient (Wildman–Crippen LogP) is 5.25. The summed E-state index contributed by atoms with van der Waals surface area (Å²) in [6.45, 7) is 0. The van der Waals surface area contributed by atoms with E-state index >= 15 is 0 Å². The van der Waals surface area contributed by atoms with Crippen molar-refractivity contribution in [2.24, 2.45) is 0 Å². The van der Waals surface area contributed by atoms with E-state index in [1.54, 1.807) is 12.1 Å². The van der Waals surface area contributed by atoms with E-state index in [1.807, 2.05) is 0 Å². The third-order valence-electron chi connectivity index (χ3n) is 3.15. The van der Waals surface area contributed by atoms with E-state index in [2.05, 4.69) is 15.9 Å². The molecule has 0 radical (unpaired) electrons. The Balaban J connectivity index is 2.06. The molecule has 0 saturated heterocycles. The zero-order valence-corrected chi connectivity index (χ0v) is 15.4. The number of alkyl halides is 2. The Hall–Kier alpha value is -0.790. The Kier molecular flexibility index (Phi) is 6.20. The second-order valence-corrected chi connectivity index (χ2v) is 8.51. The van der Waals surface area contributed by atoms with Crippen molar-refractivity contribution >= 4 is 35.3 Å². The first-order chi connectivity index (χ1) is 11.1. The highest BCUT2D eigenvalue weighted by Crippen LogP contribution is 2.60. The standard InChI is InChI=1S/C15H13BrF3O3PS/c16-14-7-11(4-5-13(14)15(18,19)23(20,21)22)9-24-8-10-2-1-3-12(17)6-10/h1-7H,8-9H2,(H2,20,21,22). The summed E-state index contributed by atoms with van der Waals surface area (Å²) >= 11 is 4.41. The van der Waals surface area contributed by atoms with Crippen LogP contribution >= 0.6 is 35.3 Å². The molecule has 2 aromatic rings. The Labute approximate surface area is 149 Å². The van der Waals surface area contributed by atoms with Crippen LogP contribution < -0.4 is 0 Å². The van der Waals surface area contributed by atoms with Crippen LogP contribution in [-0.2, 0) is 21.7 Å². The molecule has 0 aliphatic heterocycles. The van der Waals surface area contributed by atoms with Crippen LogP contribution in [0.15, 0.2) is 46.9 Å². The molecule has 0 saturated carbocycles. The summed E-state index contributed by atoms with van der Waals surface area (Å²) in [7, 11) is -5.60. The van der Waals surface area contributed by atoms with Crippen molar-refractivity contribution in [2.45, 2.75) is 17.2 Å². The summed E-state index contributed by atoms with van der Waals surface area (Å²) in [5.74, 6) is 0.715. The fourth-order valence-corrected chi connectivity index (χ4v) is 4.23. The molecule has 9 heteroatoms. The van der Waals surface area contributed by atoms with Gasteiger partial charge in [-0.3, -0.25) is 4.57 Å². The molecule has 0 aliphatic rings. The first-order valence-electron chi connectivity index (χ1n) is 6.66. The van der Waals surface area contributed by atoms with Crippen LogP contribution in [0.25, 0.3) is 0 Å². The van der Waals surface area contributed by atoms with Gasteiger partial charge in [-0.25, -0.2) is 4.39 Å². The van der Waals surface area contributed by atoms with E-state index in [0.29, 0.717) is 17.1 Å². The first kappa shape index (κ1) is 19.5. The van der Waals surface area contributed by atoms with Crippen LogP contribution in [-0.4, -0.2) is 9.79 Å². The number of benzene rings is 2. The largest absolute Gasteiger partial charge is 0.399 e. The second kappa shape index (κ2) is 7.62. The van der Waals surface area contributed by atoms with Gasteiger partial charge in [-0.2, -0.15) is 20.5 Å². The normalized spacial score (nSPS) is 12.4. The van der Waals surface area contributed by atoms with Crippen molar-refractivity contribution in [3.63, 3.8) is 0 Å². The maximum atomic E-state index is 13.7. The molecule has 0 aromatic heterocycles. The van der Waals surface area contributed by atoms with E-state index in [-0.39, 0.29) is 10.3 Å². The summed E-state index contributed by atoms with van der Waals surface area (Å²) in [5, 5.41) is 0. The molecule has 3 nitrogen and oxygen atoms in total. The topological polar surface area (TPSA) is 57.5 Å². The van der Waals surface area contributed by atoms with Crippen molar-refractivity contribution in [2.75, 3.05) is 0 Å². The molecule has 0 amide bonds. The van der Waals surface area contributed by atoms with Crippen molar-refractivity contribution in [1.82, 2.24) is 0 Å². The van der Waals surface area contributed by atoms with Gasteiger partial charge in [0.05, 0.1) is 0 Å². The van der Waals surface area contributed by atoms with Gasteiger partial charge in [0, 0.05) is 21.5 Å². The Morgan fingerprint density at radius 1 is 1.08 bits per heavy atom. The Morgan fingerprint density at radius 3 is 2.25 bits per heavy atom. The predicted molar refractivity (Wildman–Crippen MR) is 91.5 cm³/mol. The minimum atomic E-state index is -5.60. The van der Waals surface area contributed by atoms with E-state index < -0.39 is 18.8 Å². The summed E-state index contributed by atoms with van der Waals surface area (Å²) in [6, 6.07) is 9.97. The number of hydrogen-bond acceptors (Lipinski definition) is 2. The summed E-state index contributed by atoms with van der Waals surface area (Å²) in [4.78, 5) is 17.6. The molecule has 2 aromatic carbocycles. The van der Waals surface area contributed by atoms with Gasteiger partial charge >= 0.3 is 13.3 Å². The lowest BCUT2D eigenvalue weighted by molar-refractivity contribution is 0.0557. The molecule has 0 bridgehead atoms. The van der Waals surface area contributed by atoms with Gasteiger partial charge in [-0.15, -0.1) is 0 Å². The van der Waals surface area contributed by atoms with Crippen LogP contribution in [0, 0.1) is 5.82 Å². The summed E-state index contributed by atoms with van der Waals surface area (Å²) < 4.78 is 51.4. The number of thioether (sulfide) groups is 1. The van der Waals surface area contributed by atoms with Gasteiger partial charge in [0.25, 0.3) is 0 Å². The highest BCUT2D eigenvalue weighted by molar-refractivity contribution is 9.10. The first-order valence-corrected chi connectivity index (χ1v) is 10.2. The average molecular weight is 441 g/mol. The highest BCUT2D eigenvalue weighted by Gasteiger charge is 2.51. The molecule has 0 atom stereocenters. The van der Waals surface area contributed by atoms with E-state index in [1.165, 1.54) is 36.0 Å². The fourth-order valence-electron chi connectivity index (χ4n) is 1.96. The van der Waals surface area contributed by atoms with Crippen molar-refractivity contribution in [1.29, 1.82) is 0 Å². The van der Waals surface area contributed by atoms with Crippen molar-refractivity contribution in [3.05, 3.63) is 69.4 Å². The van der Waals surface area contributed by atoms with Crippen LogP contribution in [0.5, 0.6) is 0 Å².